The molecule has 2 N–H and O–H groups in total. The number of benzene rings is 1. The first-order valence-electron chi connectivity index (χ1n) is 5.59. The van der Waals surface area contributed by atoms with Gasteiger partial charge in [-0.2, -0.15) is 0 Å². The van der Waals surface area contributed by atoms with Gasteiger partial charge in [-0.15, -0.1) is 0 Å². The molecule has 18 heavy (non-hydrogen) atoms. The number of aliphatic hydroxyl groups excluding tert-OH is 1. The van der Waals surface area contributed by atoms with Crippen molar-refractivity contribution in [2.24, 2.45) is 0 Å². The number of hydrogen-bond donors (Lipinski definition) is 2. The Hall–Kier alpha value is -1.88. The number of hydrogen-bond acceptors (Lipinski definition) is 3. The first-order valence-corrected chi connectivity index (χ1v) is 5.59. The minimum Gasteiger partial charge on any atom is -0.480 e. The number of rotatable bonds is 2. The third-order valence-corrected chi connectivity index (χ3v) is 2.89. The van der Waals surface area contributed by atoms with E-state index in [4.69, 9.17) is 4.74 Å². The molecule has 0 aliphatic carbocycles. The molecule has 0 bridgehead atoms. The van der Waals surface area contributed by atoms with Gasteiger partial charge < -0.3 is 15.2 Å². The maximum absolute atomic E-state index is 13.4. The van der Waals surface area contributed by atoms with Crippen LogP contribution in [0.25, 0.3) is 0 Å². The normalized spacial score (nSPS) is 21.7. The van der Waals surface area contributed by atoms with E-state index in [1.807, 2.05) is 0 Å². The van der Waals surface area contributed by atoms with Crippen LogP contribution in [0.15, 0.2) is 24.9 Å². The number of fused-ring (bicyclic) bond motifs is 1. The van der Waals surface area contributed by atoms with Gasteiger partial charge in [0, 0.05) is 18.1 Å². The number of aryl methyl sites for hydroxylation is 1. The van der Waals surface area contributed by atoms with Crippen LogP contribution >= 0.6 is 0 Å². The van der Waals surface area contributed by atoms with Crippen molar-refractivity contribution in [2.75, 3.05) is 0 Å². The summed E-state index contributed by atoms with van der Waals surface area (Å²) in [6, 6.07) is 2.73. The van der Waals surface area contributed by atoms with E-state index in [0.29, 0.717) is 11.1 Å². The second-order valence-corrected chi connectivity index (χ2v) is 4.21. The van der Waals surface area contributed by atoms with Crippen molar-refractivity contribution in [3.63, 3.8) is 0 Å². The Kier molecular flexibility index (Phi) is 3.34. The minimum atomic E-state index is -0.840. The third kappa shape index (κ3) is 2.22. The smallest absolute Gasteiger partial charge is 0.265 e. The van der Waals surface area contributed by atoms with Gasteiger partial charge in [0.05, 0.1) is 6.10 Å². The summed E-state index contributed by atoms with van der Waals surface area (Å²) in [5.74, 6) is -0.623. The number of halogens is 1. The molecule has 0 aromatic heterocycles. The van der Waals surface area contributed by atoms with Gasteiger partial charge in [-0.05, 0) is 24.8 Å². The second kappa shape index (κ2) is 4.78. The zero-order valence-corrected chi connectivity index (χ0v) is 9.94. The lowest BCUT2D eigenvalue weighted by Crippen LogP contribution is -2.39. The zero-order valence-electron chi connectivity index (χ0n) is 9.94. The summed E-state index contributed by atoms with van der Waals surface area (Å²) >= 11 is 0. The first kappa shape index (κ1) is 12.6. The van der Waals surface area contributed by atoms with Gasteiger partial charge >= 0.3 is 0 Å². The average molecular weight is 251 g/mol. The van der Waals surface area contributed by atoms with E-state index in [1.54, 1.807) is 6.92 Å². The van der Waals surface area contributed by atoms with Crippen molar-refractivity contribution in [1.82, 2.24) is 5.32 Å². The van der Waals surface area contributed by atoms with Crippen LogP contribution in [-0.2, 0) is 4.79 Å². The molecule has 4 nitrogen and oxygen atoms in total. The maximum atomic E-state index is 13.4. The van der Waals surface area contributed by atoms with E-state index in [2.05, 4.69) is 11.9 Å². The van der Waals surface area contributed by atoms with Gasteiger partial charge in [0.2, 0.25) is 0 Å². The van der Waals surface area contributed by atoms with Gasteiger partial charge in [0.25, 0.3) is 5.91 Å². The lowest BCUT2D eigenvalue weighted by Gasteiger charge is -2.28. The summed E-state index contributed by atoms with van der Waals surface area (Å²) in [6.07, 6.45) is -0.303. The highest BCUT2D eigenvalue weighted by molar-refractivity contribution is 5.82. The molecular formula is C13H14FNO3. The highest BCUT2D eigenvalue weighted by Crippen LogP contribution is 2.36. The molecule has 5 heteroatoms. The van der Waals surface area contributed by atoms with Crippen molar-refractivity contribution in [3.8, 4) is 5.75 Å². The minimum absolute atomic E-state index is 0.137. The molecule has 0 fully saturated rings. The van der Waals surface area contributed by atoms with Crippen LogP contribution in [0.4, 0.5) is 4.39 Å². The topological polar surface area (TPSA) is 58.6 Å². The van der Waals surface area contributed by atoms with Crippen molar-refractivity contribution < 1.29 is 19.0 Å². The van der Waals surface area contributed by atoms with E-state index in [1.165, 1.54) is 18.3 Å². The SMILES string of the molecule is C=CNC(=O)C1CC(O)c2cc(C)c(F)cc2O1. The third-order valence-electron chi connectivity index (χ3n) is 2.89. The molecule has 1 heterocycles. The lowest BCUT2D eigenvalue weighted by molar-refractivity contribution is -0.129. The standard InChI is InChI=1S/C13H14FNO3/c1-3-15-13(17)12-6-10(16)8-4-7(2)9(14)5-11(8)18-12/h3-5,10,12,16H,1,6H2,2H3,(H,15,17). The van der Waals surface area contributed by atoms with E-state index in [9.17, 15) is 14.3 Å². The second-order valence-electron chi connectivity index (χ2n) is 4.21. The Morgan fingerprint density at radius 3 is 3.06 bits per heavy atom. The molecule has 0 radical (unpaired) electrons. The Balaban J connectivity index is 2.30. The van der Waals surface area contributed by atoms with E-state index >= 15 is 0 Å². The maximum Gasteiger partial charge on any atom is 0.265 e. The summed E-state index contributed by atoms with van der Waals surface area (Å²) in [6.45, 7) is 4.98. The molecule has 96 valence electrons. The highest BCUT2D eigenvalue weighted by Gasteiger charge is 2.32. The van der Waals surface area contributed by atoms with Crippen molar-refractivity contribution in [2.45, 2.75) is 25.6 Å². The predicted molar refractivity (Wildman–Crippen MR) is 63.5 cm³/mol. The summed E-state index contributed by atoms with van der Waals surface area (Å²) < 4.78 is 18.8. The number of carbonyl (C=O) groups excluding carboxylic acids is 1. The van der Waals surface area contributed by atoms with Gasteiger partial charge in [0.1, 0.15) is 11.6 Å². The number of nitrogens with one attached hydrogen (secondary N) is 1. The number of aliphatic hydroxyl groups is 1. The molecule has 2 atom stereocenters. The van der Waals surface area contributed by atoms with Crippen LogP contribution in [0.3, 0.4) is 0 Å². The molecule has 1 aliphatic heterocycles. The summed E-state index contributed by atoms with van der Waals surface area (Å²) in [5, 5.41) is 12.3. The van der Waals surface area contributed by atoms with Crippen LogP contribution in [0.5, 0.6) is 5.75 Å². The molecule has 1 aromatic rings. The molecule has 1 aliphatic rings. The van der Waals surface area contributed by atoms with E-state index in [0.717, 1.165) is 0 Å². The molecule has 0 spiro atoms. The van der Waals surface area contributed by atoms with Gasteiger partial charge in [-0.3, -0.25) is 4.79 Å². The summed E-state index contributed by atoms with van der Waals surface area (Å²) in [7, 11) is 0. The Labute approximate surface area is 104 Å². The van der Waals surface area contributed by atoms with Crippen LogP contribution < -0.4 is 10.1 Å². The quantitative estimate of drug-likeness (QED) is 0.839. The lowest BCUT2D eigenvalue weighted by atomic mass is 9.97. The van der Waals surface area contributed by atoms with Crippen molar-refractivity contribution in [1.29, 1.82) is 0 Å². The van der Waals surface area contributed by atoms with Gasteiger partial charge in [-0.1, -0.05) is 6.58 Å². The molecular weight excluding hydrogens is 237 g/mol. The summed E-state index contributed by atoms with van der Waals surface area (Å²) in [5.41, 5.74) is 0.946. The molecule has 1 aromatic carbocycles. The van der Waals surface area contributed by atoms with Crippen LogP contribution in [-0.4, -0.2) is 17.1 Å². The Bertz CT molecular complexity index is 501. The number of carbonyl (C=O) groups is 1. The molecule has 1 amide bonds. The molecule has 2 rings (SSSR count). The number of amides is 1. The fourth-order valence-corrected chi connectivity index (χ4v) is 1.93. The van der Waals surface area contributed by atoms with Crippen LogP contribution in [0.1, 0.15) is 23.7 Å². The monoisotopic (exact) mass is 251 g/mol. The highest BCUT2D eigenvalue weighted by atomic mass is 19.1. The van der Waals surface area contributed by atoms with E-state index in [-0.39, 0.29) is 12.2 Å². The predicted octanol–water partition coefficient (Wildman–Crippen LogP) is 1.58. The van der Waals surface area contributed by atoms with Crippen molar-refractivity contribution in [3.05, 3.63) is 41.9 Å². The molecule has 0 saturated carbocycles. The fourth-order valence-electron chi connectivity index (χ4n) is 1.93. The summed E-state index contributed by atoms with van der Waals surface area (Å²) in [4.78, 5) is 11.6. The van der Waals surface area contributed by atoms with Gasteiger partial charge in [0.15, 0.2) is 6.10 Å². The van der Waals surface area contributed by atoms with E-state index < -0.39 is 23.9 Å². The zero-order chi connectivity index (χ0) is 13.3. The number of ether oxygens (including phenoxy) is 1. The average Bonchev–Trinajstić information content (AvgIpc) is 2.32. The molecule has 0 saturated heterocycles. The van der Waals surface area contributed by atoms with Crippen LogP contribution in [0, 0.1) is 12.7 Å². The fraction of sp³-hybridized carbons (Fsp3) is 0.308. The van der Waals surface area contributed by atoms with Gasteiger partial charge in [-0.25, -0.2) is 4.39 Å². The Morgan fingerprint density at radius 2 is 2.39 bits per heavy atom. The van der Waals surface area contributed by atoms with Crippen LogP contribution in [0.2, 0.25) is 0 Å². The largest absolute Gasteiger partial charge is 0.480 e. The van der Waals surface area contributed by atoms with Crippen molar-refractivity contribution >= 4 is 5.91 Å². The Morgan fingerprint density at radius 1 is 1.67 bits per heavy atom. The first-order chi connectivity index (χ1) is 8.52. The molecule has 2 unspecified atom stereocenters.